The summed E-state index contributed by atoms with van der Waals surface area (Å²) in [4.78, 5) is 7.61. The van der Waals surface area contributed by atoms with Crippen LogP contribution in [0.25, 0.3) is 0 Å². The van der Waals surface area contributed by atoms with Gasteiger partial charge in [-0.25, -0.2) is 4.98 Å². The average molecular weight is 289 g/mol. The van der Waals surface area contributed by atoms with E-state index >= 15 is 0 Å². The average Bonchev–Trinajstić information content (AvgIpc) is 2.38. The van der Waals surface area contributed by atoms with Crippen LogP contribution in [0.15, 0.2) is 18.3 Å². The molecule has 1 atom stereocenters. The minimum Gasteiger partial charge on any atom is -0.389 e. The predicted molar refractivity (Wildman–Crippen MR) is 69.6 cm³/mol. The third kappa shape index (κ3) is 4.08. The van der Waals surface area contributed by atoms with Gasteiger partial charge in [0.25, 0.3) is 0 Å². The van der Waals surface area contributed by atoms with Crippen molar-refractivity contribution in [3.8, 4) is 0 Å². The van der Waals surface area contributed by atoms with Crippen LogP contribution in [0, 0.1) is 0 Å². The molecule has 1 aromatic heterocycles. The van der Waals surface area contributed by atoms with Gasteiger partial charge in [-0.05, 0) is 18.6 Å². The van der Waals surface area contributed by atoms with Gasteiger partial charge in [0.2, 0.25) is 0 Å². The zero-order chi connectivity index (χ0) is 14.8. The summed E-state index contributed by atoms with van der Waals surface area (Å²) in [5, 5.41) is 9.40. The fraction of sp³-hybridized carbons (Fsp3) is 0.615. The summed E-state index contributed by atoms with van der Waals surface area (Å²) in [6, 6.07) is 3.58. The van der Waals surface area contributed by atoms with Gasteiger partial charge in [-0.2, -0.15) is 13.2 Å². The van der Waals surface area contributed by atoms with Gasteiger partial charge in [0.15, 0.2) is 0 Å². The summed E-state index contributed by atoms with van der Waals surface area (Å²) in [7, 11) is 0. The molecule has 4 nitrogen and oxygen atoms in total. The Morgan fingerprint density at radius 3 is 2.35 bits per heavy atom. The molecule has 1 aliphatic heterocycles. The second-order valence-corrected chi connectivity index (χ2v) is 5.00. The maximum absolute atomic E-state index is 12.3. The van der Waals surface area contributed by atoms with Gasteiger partial charge < -0.3 is 10.0 Å². The van der Waals surface area contributed by atoms with Gasteiger partial charge in [0.05, 0.1) is 12.6 Å². The number of anilines is 1. The highest BCUT2D eigenvalue weighted by Crippen LogP contribution is 2.20. The summed E-state index contributed by atoms with van der Waals surface area (Å²) in [6.07, 6.45) is -3.11. The number of aromatic nitrogens is 1. The van der Waals surface area contributed by atoms with Crippen molar-refractivity contribution in [3.05, 3.63) is 23.9 Å². The lowest BCUT2D eigenvalue weighted by atomic mass is 10.2. The van der Waals surface area contributed by atoms with Gasteiger partial charge in [0.1, 0.15) is 5.82 Å². The largest absolute Gasteiger partial charge is 0.401 e. The van der Waals surface area contributed by atoms with Gasteiger partial charge in [0, 0.05) is 32.4 Å². The van der Waals surface area contributed by atoms with Crippen LogP contribution >= 0.6 is 0 Å². The number of alkyl halides is 3. The highest BCUT2D eigenvalue weighted by molar-refractivity contribution is 5.40. The van der Waals surface area contributed by atoms with E-state index in [0.717, 1.165) is 11.4 Å². The molecule has 1 N–H and O–H groups in total. The number of hydrogen-bond acceptors (Lipinski definition) is 4. The van der Waals surface area contributed by atoms with Crippen LogP contribution in [-0.4, -0.2) is 53.9 Å². The second-order valence-electron chi connectivity index (χ2n) is 5.00. The number of hydrogen-bond donors (Lipinski definition) is 1. The number of aliphatic hydroxyl groups is 1. The minimum absolute atomic E-state index is 0.374. The molecule has 7 heteroatoms. The van der Waals surface area contributed by atoms with E-state index in [0.29, 0.717) is 26.2 Å². The molecule has 1 aliphatic rings. The van der Waals surface area contributed by atoms with E-state index in [1.54, 1.807) is 25.3 Å². The summed E-state index contributed by atoms with van der Waals surface area (Å²) in [6.45, 7) is 2.61. The van der Waals surface area contributed by atoms with E-state index in [4.69, 9.17) is 0 Å². The molecule has 1 aromatic rings. The zero-order valence-corrected chi connectivity index (χ0v) is 11.3. The first-order valence-electron chi connectivity index (χ1n) is 6.53. The monoisotopic (exact) mass is 289 g/mol. The first-order valence-corrected chi connectivity index (χ1v) is 6.53. The number of aliphatic hydroxyl groups excluding tert-OH is 1. The highest BCUT2D eigenvalue weighted by atomic mass is 19.4. The van der Waals surface area contributed by atoms with Crippen LogP contribution < -0.4 is 4.90 Å². The van der Waals surface area contributed by atoms with E-state index in [1.165, 1.54) is 4.90 Å². The fourth-order valence-corrected chi connectivity index (χ4v) is 2.22. The molecule has 2 heterocycles. The molecule has 0 aromatic carbocycles. The Bertz CT molecular complexity index is 425. The summed E-state index contributed by atoms with van der Waals surface area (Å²) >= 11 is 0. The maximum Gasteiger partial charge on any atom is 0.401 e. The maximum atomic E-state index is 12.3. The van der Waals surface area contributed by atoms with Gasteiger partial charge >= 0.3 is 6.18 Å². The van der Waals surface area contributed by atoms with Crippen LogP contribution in [0.5, 0.6) is 0 Å². The van der Waals surface area contributed by atoms with Crippen molar-refractivity contribution >= 4 is 5.82 Å². The molecule has 0 spiro atoms. The highest BCUT2D eigenvalue weighted by Gasteiger charge is 2.32. The molecule has 0 bridgehead atoms. The number of nitrogens with zero attached hydrogens (tertiary/aromatic N) is 3. The van der Waals surface area contributed by atoms with Crippen LogP contribution in [-0.2, 0) is 0 Å². The Labute approximate surface area is 115 Å². The number of piperazine rings is 1. The zero-order valence-electron chi connectivity index (χ0n) is 11.3. The second kappa shape index (κ2) is 5.97. The Morgan fingerprint density at radius 2 is 1.90 bits per heavy atom. The van der Waals surface area contributed by atoms with Crippen LogP contribution in [0.2, 0.25) is 0 Å². The van der Waals surface area contributed by atoms with E-state index in [1.807, 2.05) is 4.90 Å². The molecule has 112 valence electrons. The molecule has 0 unspecified atom stereocenters. The molecular weight excluding hydrogens is 271 g/mol. The smallest absolute Gasteiger partial charge is 0.389 e. The standard InChI is InChI=1S/C13H18F3N3O/c1-10(20)11-2-3-12(17-8-11)19-6-4-18(5-7-19)9-13(14,15)16/h2-3,8,10,20H,4-7,9H2,1H3/t10-/m1/s1. The van der Waals surface area contributed by atoms with E-state index in [2.05, 4.69) is 4.98 Å². The van der Waals surface area contributed by atoms with Crippen molar-refractivity contribution in [3.63, 3.8) is 0 Å². The fourth-order valence-electron chi connectivity index (χ4n) is 2.22. The Hall–Kier alpha value is -1.34. The minimum atomic E-state index is -4.14. The molecule has 0 aliphatic carbocycles. The van der Waals surface area contributed by atoms with Gasteiger partial charge in [-0.3, -0.25) is 4.90 Å². The first-order chi connectivity index (χ1) is 9.35. The van der Waals surface area contributed by atoms with Crippen molar-refractivity contribution in [1.29, 1.82) is 0 Å². The predicted octanol–water partition coefficient (Wildman–Crippen LogP) is 1.82. The number of halogens is 3. The quantitative estimate of drug-likeness (QED) is 0.921. The van der Waals surface area contributed by atoms with Crippen LogP contribution in [0.4, 0.5) is 19.0 Å². The first kappa shape index (κ1) is 15.1. The summed E-state index contributed by atoms with van der Waals surface area (Å²) in [5.41, 5.74) is 0.726. The van der Waals surface area contributed by atoms with E-state index in [-0.39, 0.29) is 0 Å². The molecule has 2 rings (SSSR count). The van der Waals surface area contributed by atoms with Gasteiger partial charge in [-0.15, -0.1) is 0 Å². The molecule has 1 fully saturated rings. The van der Waals surface area contributed by atoms with Crippen molar-refractivity contribution in [1.82, 2.24) is 9.88 Å². The lowest BCUT2D eigenvalue weighted by molar-refractivity contribution is -0.146. The Kier molecular flexibility index (Phi) is 4.49. The third-order valence-electron chi connectivity index (χ3n) is 3.35. The Morgan fingerprint density at radius 1 is 1.25 bits per heavy atom. The molecule has 0 amide bonds. The van der Waals surface area contributed by atoms with E-state index in [9.17, 15) is 18.3 Å². The molecule has 0 saturated carbocycles. The van der Waals surface area contributed by atoms with Crippen molar-refractivity contribution in [2.45, 2.75) is 19.2 Å². The van der Waals surface area contributed by atoms with Crippen molar-refractivity contribution < 1.29 is 18.3 Å². The Balaban J connectivity index is 1.90. The summed E-state index contributed by atoms with van der Waals surface area (Å²) in [5.74, 6) is 0.737. The van der Waals surface area contributed by atoms with E-state index < -0.39 is 18.8 Å². The van der Waals surface area contributed by atoms with Crippen LogP contribution in [0.1, 0.15) is 18.6 Å². The molecule has 20 heavy (non-hydrogen) atoms. The lowest BCUT2D eigenvalue weighted by Gasteiger charge is -2.35. The van der Waals surface area contributed by atoms with Crippen molar-refractivity contribution in [2.24, 2.45) is 0 Å². The number of rotatable bonds is 3. The summed E-state index contributed by atoms with van der Waals surface area (Å²) < 4.78 is 36.9. The number of pyridine rings is 1. The van der Waals surface area contributed by atoms with Gasteiger partial charge in [-0.1, -0.05) is 6.07 Å². The molecule has 1 saturated heterocycles. The SMILES string of the molecule is C[C@@H](O)c1ccc(N2CCN(CC(F)(F)F)CC2)nc1. The topological polar surface area (TPSA) is 39.6 Å². The van der Waals surface area contributed by atoms with Crippen LogP contribution in [0.3, 0.4) is 0 Å². The van der Waals surface area contributed by atoms with Crippen molar-refractivity contribution in [2.75, 3.05) is 37.6 Å². The lowest BCUT2D eigenvalue weighted by Crippen LogP contribution is -2.49. The normalized spacial score (nSPS) is 19.1. The molecular formula is C13H18F3N3O. The third-order valence-corrected chi connectivity index (χ3v) is 3.35. The molecule has 0 radical (unpaired) electrons.